The molecule has 0 rings (SSSR count). The van der Waals surface area contributed by atoms with Crippen molar-refractivity contribution in [1.82, 2.24) is 4.90 Å². The third kappa shape index (κ3) is 6.03. The molecule has 0 saturated heterocycles. The molecule has 0 aromatic rings. The maximum Gasteiger partial charge on any atom is 0.176 e. The van der Waals surface area contributed by atoms with Crippen LogP contribution < -0.4 is 5.73 Å². The molecular formula is C14H32N2O4. The van der Waals surface area contributed by atoms with Gasteiger partial charge in [0.05, 0.1) is 18.8 Å². The highest BCUT2D eigenvalue weighted by molar-refractivity contribution is 4.91. The third-order valence-corrected chi connectivity index (χ3v) is 3.49. The van der Waals surface area contributed by atoms with Gasteiger partial charge in [0.15, 0.2) is 6.29 Å². The van der Waals surface area contributed by atoms with E-state index in [1.54, 1.807) is 14.2 Å². The van der Waals surface area contributed by atoms with Crippen LogP contribution in [0.1, 0.15) is 20.8 Å². The highest BCUT2D eigenvalue weighted by atomic mass is 16.7. The van der Waals surface area contributed by atoms with Crippen LogP contribution >= 0.6 is 0 Å². The SMILES string of the molecule is CCOCCN(CCOCC)C(C)(CN)C(OC)OC. The molecule has 6 nitrogen and oxygen atoms in total. The maximum atomic E-state index is 5.99. The second kappa shape index (κ2) is 11.4. The van der Waals surface area contributed by atoms with Crippen LogP contribution in [0.3, 0.4) is 0 Å². The second-order valence-electron chi connectivity index (χ2n) is 4.75. The van der Waals surface area contributed by atoms with Crippen molar-refractivity contribution < 1.29 is 18.9 Å². The predicted octanol–water partition coefficient (Wildman–Crippen LogP) is 0.698. The number of hydrogen-bond acceptors (Lipinski definition) is 6. The lowest BCUT2D eigenvalue weighted by Crippen LogP contribution is -2.61. The van der Waals surface area contributed by atoms with E-state index < -0.39 is 11.8 Å². The zero-order valence-electron chi connectivity index (χ0n) is 13.7. The predicted molar refractivity (Wildman–Crippen MR) is 79.8 cm³/mol. The fourth-order valence-electron chi connectivity index (χ4n) is 2.24. The molecule has 0 aliphatic rings. The number of hydrogen-bond donors (Lipinski definition) is 1. The van der Waals surface area contributed by atoms with Crippen molar-refractivity contribution in [1.29, 1.82) is 0 Å². The van der Waals surface area contributed by atoms with Crippen LogP contribution in [-0.4, -0.2) is 77.0 Å². The van der Waals surface area contributed by atoms with Gasteiger partial charge < -0.3 is 24.7 Å². The van der Waals surface area contributed by atoms with Gasteiger partial charge >= 0.3 is 0 Å². The quantitative estimate of drug-likeness (QED) is 0.398. The van der Waals surface area contributed by atoms with E-state index in [0.29, 0.717) is 33.0 Å². The summed E-state index contributed by atoms with van der Waals surface area (Å²) in [6.45, 7) is 10.7. The summed E-state index contributed by atoms with van der Waals surface area (Å²) in [5.74, 6) is 0. The summed E-state index contributed by atoms with van der Waals surface area (Å²) in [4.78, 5) is 2.22. The third-order valence-electron chi connectivity index (χ3n) is 3.49. The van der Waals surface area contributed by atoms with Gasteiger partial charge in [-0.1, -0.05) is 0 Å². The summed E-state index contributed by atoms with van der Waals surface area (Å²) in [6, 6.07) is 0. The molecule has 0 spiro atoms. The monoisotopic (exact) mass is 292 g/mol. The molecular weight excluding hydrogens is 260 g/mol. The maximum absolute atomic E-state index is 5.99. The number of methoxy groups -OCH3 is 2. The Morgan fingerprint density at radius 3 is 1.75 bits per heavy atom. The number of rotatable bonds is 13. The second-order valence-corrected chi connectivity index (χ2v) is 4.75. The molecule has 0 aromatic heterocycles. The van der Waals surface area contributed by atoms with Gasteiger partial charge in [0, 0.05) is 47.1 Å². The van der Waals surface area contributed by atoms with Crippen LogP contribution in [0.25, 0.3) is 0 Å². The van der Waals surface area contributed by atoms with E-state index in [-0.39, 0.29) is 0 Å². The van der Waals surface area contributed by atoms with Crippen LogP contribution in [0.5, 0.6) is 0 Å². The Morgan fingerprint density at radius 2 is 1.45 bits per heavy atom. The average Bonchev–Trinajstić information content (AvgIpc) is 2.46. The molecule has 0 heterocycles. The summed E-state index contributed by atoms with van der Waals surface area (Å²) in [7, 11) is 3.26. The largest absolute Gasteiger partial charge is 0.380 e. The van der Waals surface area contributed by atoms with Gasteiger partial charge in [0.1, 0.15) is 0 Å². The molecule has 0 radical (unpaired) electrons. The molecule has 0 bridgehead atoms. The molecule has 1 atom stereocenters. The van der Waals surface area contributed by atoms with Crippen molar-refractivity contribution in [3.8, 4) is 0 Å². The molecule has 0 aromatic carbocycles. The zero-order chi connectivity index (χ0) is 15.4. The summed E-state index contributed by atoms with van der Waals surface area (Å²) in [5, 5.41) is 0. The van der Waals surface area contributed by atoms with E-state index in [0.717, 1.165) is 13.1 Å². The number of nitrogens with zero attached hydrogens (tertiary/aromatic N) is 1. The standard InChI is InChI=1S/C14H32N2O4/c1-6-19-10-8-16(9-11-20-7-2)14(3,12-15)13(17-4)18-5/h13H,6-12,15H2,1-5H3. The Kier molecular flexibility index (Phi) is 11.3. The van der Waals surface area contributed by atoms with Crippen molar-refractivity contribution in [2.24, 2.45) is 5.73 Å². The molecule has 0 fully saturated rings. The van der Waals surface area contributed by atoms with Crippen molar-refractivity contribution >= 4 is 0 Å². The fourth-order valence-corrected chi connectivity index (χ4v) is 2.24. The first-order valence-corrected chi connectivity index (χ1v) is 7.26. The van der Waals surface area contributed by atoms with Crippen molar-refractivity contribution in [2.75, 3.05) is 60.3 Å². The smallest absolute Gasteiger partial charge is 0.176 e. The van der Waals surface area contributed by atoms with Gasteiger partial charge in [-0.2, -0.15) is 0 Å². The molecule has 0 saturated carbocycles. The normalized spacial score (nSPS) is 15.0. The van der Waals surface area contributed by atoms with Gasteiger partial charge in [-0.3, -0.25) is 4.90 Å². The van der Waals surface area contributed by atoms with Crippen LogP contribution in [0, 0.1) is 0 Å². The number of ether oxygens (including phenoxy) is 4. The topological polar surface area (TPSA) is 66.2 Å². The summed E-state index contributed by atoms with van der Waals surface area (Å²) < 4.78 is 21.8. The first kappa shape index (κ1) is 19.8. The highest BCUT2D eigenvalue weighted by Crippen LogP contribution is 2.21. The Labute approximate surface area is 123 Å². The summed E-state index contributed by atoms with van der Waals surface area (Å²) in [5.41, 5.74) is 5.57. The van der Waals surface area contributed by atoms with E-state index in [4.69, 9.17) is 24.7 Å². The van der Waals surface area contributed by atoms with Gasteiger partial charge in [-0.25, -0.2) is 0 Å². The Balaban J connectivity index is 4.80. The Hall–Kier alpha value is -0.240. The van der Waals surface area contributed by atoms with Gasteiger partial charge in [-0.05, 0) is 20.8 Å². The van der Waals surface area contributed by atoms with Gasteiger partial charge in [-0.15, -0.1) is 0 Å². The molecule has 20 heavy (non-hydrogen) atoms. The zero-order valence-corrected chi connectivity index (χ0v) is 13.7. The minimum absolute atomic E-state index is 0.393. The molecule has 0 amide bonds. The summed E-state index contributed by atoms with van der Waals surface area (Å²) in [6.07, 6.45) is -0.393. The van der Waals surface area contributed by atoms with Crippen LogP contribution in [0.4, 0.5) is 0 Å². The lowest BCUT2D eigenvalue weighted by atomic mass is 9.98. The van der Waals surface area contributed by atoms with E-state index in [2.05, 4.69) is 4.90 Å². The molecule has 0 aliphatic carbocycles. The minimum Gasteiger partial charge on any atom is -0.380 e. The highest BCUT2D eigenvalue weighted by Gasteiger charge is 2.39. The molecule has 2 N–H and O–H groups in total. The van der Waals surface area contributed by atoms with E-state index >= 15 is 0 Å². The molecule has 1 unspecified atom stereocenters. The van der Waals surface area contributed by atoms with Crippen molar-refractivity contribution in [3.05, 3.63) is 0 Å². The molecule has 6 heteroatoms. The van der Waals surface area contributed by atoms with Crippen LogP contribution in [0.2, 0.25) is 0 Å². The van der Waals surface area contributed by atoms with Crippen LogP contribution in [0.15, 0.2) is 0 Å². The molecule has 0 aliphatic heterocycles. The van der Waals surface area contributed by atoms with E-state index in [1.807, 2.05) is 20.8 Å². The lowest BCUT2D eigenvalue weighted by molar-refractivity contribution is -0.184. The van der Waals surface area contributed by atoms with E-state index in [1.165, 1.54) is 0 Å². The fraction of sp³-hybridized carbons (Fsp3) is 1.00. The first-order valence-electron chi connectivity index (χ1n) is 7.26. The van der Waals surface area contributed by atoms with E-state index in [9.17, 15) is 0 Å². The number of nitrogens with two attached hydrogens (primary N) is 1. The summed E-state index contributed by atoms with van der Waals surface area (Å²) >= 11 is 0. The minimum atomic E-state index is -0.419. The van der Waals surface area contributed by atoms with Gasteiger partial charge in [0.2, 0.25) is 0 Å². The Bertz CT molecular complexity index is 217. The Morgan fingerprint density at radius 1 is 1.00 bits per heavy atom. The average molecular weight is 292 g/mol. The van der Waals surface area contributed by atoms with Crippen LogP contribution in [-0.2, 0) is 18.9 Å². The lowest BCUT2D eigenvalue weighted by Gasteiger charge is -2.44. The molecule has 122 valence electrons. The first-order chi connectivity index (χ1) is 9.60. The van der Waals surface area contributed by atoms with Crippen molar-refractivity contribution in [2.45, 2.75) is 32.6 Å². The van der Waals surface area contributed by atoms with Crippen molar-refractivity contribution in [3.63, 3.8) is 0 Å². The van der Waals surface area contributed by atoms with Gasteiger partial charge in [0.25, 0.3) is 0 Å².